The Hall–Kier alpha value is -1.51. The number of nitrogens with zero attached hydrogens (tertiary/aromatic N) is 1. The number of benzene rings is 2. The van der Waals surface area contributed by atoms with Gasteiger partial charge in [0, 0.05) is 17.0 Å². The molecule has 36 heavy (non-hydrogen) atoms. The van der Waals surface area contributed by atoms with Gasteiger partial charge in [-0.3, -0.25) is 4.79 Å². The first-order chi connectivity index (χ1) is 17.1. The van der Waals surface area contributed by atoms with E-state index >= 15 is 0 Å². The highest BCUT2D eigenvalue weighted by Gasteiger charge is 2.57. The molecule has 1 N–H and O–H groups in total. The highest BCUT2D eigenvalue weighted by molar-refractivity contribution is 8.00. The number of rotatable bonds is 9. The average molecular weight is 569 g/mol. The molecule has 0 bridgehead atoms. The molecule has 4 atom stereocenters. The number of hydrogen-bond acceptors (Lipinski definition) is 4. The molecule has 1 heterocycles. The Bertz CT molecular complexity index is 1210. The Labute approximate surface area is 227 Å². The highest BCUT2D eigenvalue weighted by atomic mass is 35.5. The van der Waals surface area contributed by atoms with Crippen molar-refractivity contribution in [3.8, 4) is 0 Å². The van der Waals surface area contributed by atoms with Crippen LogP contribution in [0.15, 0.2) is 60.0 Å². The van der Waals surface area contributed by atoms with Gasteiger partial charge >= 0.3 is 5.97 Å². The van der Waals surface area contributed by atoms with Crippen LogP contribution < -0.4 is 0 Å². The molecule has 4 rings (SSSR count). The lowest BCUT2D eigenvalue weighted by Crippen LogP contribution is -2.41. The fourth-order valence-electron chi connectivity index (χ4n) is 5.63. The second-order valence-corrected chi connectivity index (χ2v) is 13.5. The van der Waals surface area contributed by atoms with Crippen molar-refractivity contribution in [2.24, 2.45) is 11.8 Å². The number of carboxylic acids is 1. The minimum absolute atomic E-state index is 0.160. The third-order valence-electron chi connectivity index (χ3n) is 7.30. The van der Waals surface area contributed by atoms with Gasteiger partial charge in [0.15, 0.2) is 0 Å². The van der Waals surface area contributed by atoms with Crippen LogP contribution in [-0.2, 0) is 14.8 Å². The van der Waals surface area contributed by atoms with Crippen LogP contribution >= 0.6 is 35.0 Å². The first kappa shape index (κ1) is 27.5. The molecule has 2 aliphatic rings. The number of thioether (sulfide) groups is 1. The van der Waals surface area contributed by atoms with E-state index in [1.807, 2.05) is 6.92 Å². The molecule has 1 saturated carbocycles. The number of carbonyl (C=O) groups is 1. The topological polar surface area (TPSA) is 74.7 Å². The zero-order chi connectivity index (χ0) is 26.0. The van der Waals surface area contributed by atoms with Gasteiger partial charge in [-0.25, -0.2) is 8.42 Å². The summed E-state index contributed by atoms with van der Waals surface area (Å²) >= 11 is 14.0. The Morgan fingerprint density at radius 1 is 1.14 bits per heavy atom. The second kappa shape index (κ2) is 11.5. The van der Waals surface area contributed by atoms with Crippen molar-refractivity contribution in [1.29, 1.82) is 0 Å². The fourth-order valence-corrected chi connectivity index (χ4v) is 9.16. The van der Waals surface area contributed by atoms with Crippen molar-refractivity contribution in [3.63, 3.8) is 0 Å². The average Bonchev–Trinajstić information content (AvgIpc) is 3.46. The van der Waals surface area contributed by atoms with Crippen molar-refractivity contribution in [3.05, 3.63) is 76.3 Å². The van der Waals surface area contributed by atoms with Crippen LogP contribution in [0.3, 0.4) is 0 Å². The van der Waals surface area contributed by atoms with Crippen molar-refractivity contribution >= 4 is 51.0 Å². The van der Waals surface area contributed by atoms with E-state index < -0.39 is 39.2 Å². The molecule has 2 fully saturated rings. The van der Waals surface area contributed by atoms with Gasteiger partial charge in [-0.2, -0.15) is 16.1 Å². The lowest BCUT2D eigenvalue weighted by atomic mass is 9.91. The molecule has 5 nitrogen and oxygen atoms in total. The molecule has 2 aromatic carbocycles. The lowest BCUT2D eigenvalue weighted by molar-refractivity contribution is -0.142. The van der Waals surface area contributed by atoms with Crippen LogP contribution in [0.1, 0.15) is 49.3 Å². The van der Waals surface area contributed by atoms with Crippen LogP contribution in [0.25, 0.3) is 0 Å². The first-order valence-electron chi connectivity index (χ1n) is 12.2. The maximum atomic E-state index is 14.3. The van der Waals surface area contributed by atoms with Crippen molar-refractivity contribution in [1.82, 2.24) is 4.31 Å². The zero-order valence-electron chi connectivity index (χ0n) is 20.1. The zero-order valence-corrected chi connectivity index (χ0v) is 23.3. The molecule has 2 aromatic rings. The minimum Gasteiger partial charge on any atom is -0.481 e. The summed E-state index contributed by atoms with van der Waals surface area (Å²) in [5.41, 5.74) is 1.48. The van der Waals surface area contributed by atoms with Crippen LogP contribution in [0.4, 0.5) is 0 Å². The molecule has 1 aliphatic heterocycles. The van der Waals surface area contributed by atoms with Gasteiger partial charge in [0.05, 0.1) is 26.9 Å². The third-order valence-corrected chi connectivity index (χ3v) is 11.4. The second-order valence-electron chi connectivity index (χ2n) is 9.67. The molecule has 1 saturated heterocycles. The van der Waals surface area contributed by atoms with Crippen LogP contribution in [0.5, 0.6) is 0 Å². The number of carboxylic acid groups (broad SMARTS) is 1. The summed E-state index contributed by atoms with van der Waals surface area (Å²) in [6.45, 7) is 5.71. The van der Waals surface area contributed by atoms with E-state index in [0.29, 0.717) is 28.7 Å². The van der Waals surface area contributed by atoms with E-state index in [2.05, 4.69) is 6.58 Å². The molecule has 0 aromatic heterocycles. The molecule has 0 radical (unpaired) electrons. The summed E-state index contributed by atoms with van der Waals surface area (Å²) in [6.07, 6.45) is 6.66. The third kappa shape index (κ3) is 5.51. The number of aryl methyl sites for hydroxylation is 1. The molecular formula is C27H31Cl2NO4S2. The molecule has 0 amide bonds. The smallest absolute Gasteiger partial charge is 0.309 e. The van der Waals surface area contributed by atoms with Gasteiger partial charge in [0.2, 0.25) is 10.0 Å². The van der Waals surface area contributed by atoms with Gasteiger partial charge in [-0.05, 0) is 49.1 Å². The quantitative estimate of drug-likeness (QED) is 0.330. The number of aliphatic carboxylic acids is 1. The molecular weight excluding hydrogens is 537 g/mol. The molecule has 9 heteroatoms. The van der Waals surface area contributed by atoms with E-state index in [0.717, 1.165) is 31.2 Å². The first-order valence-corrected chi connectivity index (χ1v) is 15.4. The van der Waals surface area contributed by atoms with Crippen molar-refractivity contribution < 1.29 is 18.3 Å². The van der Waals surface area contributed by atoms with Gasteiger partial charge in [-0.1, -0.05) is 78.7 Å². The Morgan fingerprint density at radius 2 is 1.81 bits per heavy atom. The van der Waals surface area contributed by atoms with Gasteiger partial charge in [0.1, 0.15) is 0 Å². The van der Waals surface area contributed by atoms with Gasteiger partial charge < -0.3 is 5.11 Å². The predicted octanol–water partition coefficient (Wildman–Crippen LogP) is 6.98. The number of hydrogen-bond donors (Lipinski definition) is 1. The summed E-state index contributed by atoms with van der Waals surface area (Å²) in [5.74, 6) is -1.09. The highest BCUT2D eigenvalue weighted by Crippen LogP contribution is 2.52. The Morgan fingerprint density at radius 3 is 2.39 bits per heavy atom. The molecule has 0 unspecified atom stereocenters. The maximum Gasteiger partial charge on any atom is 0.309 e. The van der Waals surface area contributed by atoms with Crippen molar-refractivity contribution in [2.75, 3.05) is 5.75 Å². The number of sulfonamides is 1. The normalized spacial score (nSPS) is 25.3. The van der Waals surface area contributed by atoms with E-state index in [4.69, 9.17) is 23.2 Å². The molecule has 0 spiro atoms. The summed E-state index contributed by atoms with van der Waals surface area (Å²) in [4.78, 5) is 13.0. The van der Waals surface area contributed by atoms with E-state index in [1.54, 1.807) is 48.5 Å². The maximum absolute atomic E-state index is 14.3. The SMILES string of the molecule is C=CCS[C@H]1[C@@H](C(=O)O)[C@H](c2ccc(Cl)c(Cl)c2)N(S(=O)(=O)c2ccc(C)cc2)[C@@H]1CC1CCCC1. The summed E-state index contributed by atoms with van der Waals surface area (Å²) in [6, 6.07) is 10.2. The predicted molar refractivity (Wildman–Crippen MR) is 147 cm³/mol. The standard InChI is InChI=1S/C27H31Cl2NO4S2/c1-3-14-35-26-23(15-18-6-4-5-7-18)30(36(33,34)20-11-8-17(2)9-12-20)25(24(26)27(31)32)19-10-13-21(28)22(29)16-19/h3,8-13,16,18,23-26H,1,4-7,14-15H2,2H3,(H,31,32)/t23-,24+,25+,26-/m1/s1. The summed E-state index contributed by atoms with van der Waals surface area (Å²) in [5, 5.41) is 10.6. The molecule has 1 aliphatic carbocycles. The Kier molecular flexibility index (Phi) is 8.78. The van der Waals surface area contributed by atoms with Crippen LogP contribution in [-0.4, -0.2) is 40.8 Å². The monoisotopic (exact) mass is 567 g/mol. The summed E-state index contributed by atoms with van der Waals surface area (Å²) < 4.78 is 30.1. The minimum atomic E-state index is -4.04. The molecule has 194 valence electrons. The van der Waals surface area contributed by atoms with E-state index in [1.165, 1.54) is 16.1 Å². The van der Waals surface area contributed by atoms with E-state index in [9.17, 15) is 18.3 Å². The number of halogens is 2. The fraction of sp³-hybridized carbons (Fsp3) is 0.444. The van der Waals surface area contributed by atoms with Crippen LogP contribution in [0.2, 0.25) is 10.0 Å². The lowest BCUT2D eigenvalue weighted by Gasteiger charge is -2.32. The van der Waals surface area contributed by atoms with Gasteiger partial charge in [-0.15, -0.1) is 6.58 Å². The van der Waals surface area contributed by atoms with Crippen LogP contribution in [0, 0.1) is 18.8 Å². The van der Waals surface area contributed by atoms with Crippen molar-refractivity contribution in [2.45, 2.75) is 61.3 Å². The van der Waals surface area contributed by atoms with E-state index in [-0.39, 0.29) is 9.92 Å². The Balaban J connectivity index is 1.92. The van der Waals surface area contributed by atoms with Gasteiger partial charge in [0.25, 0.3) is 0 Å². The summed E-state index contributed by atoms with van der Waals surface area (Å²) in [7, 11) is -4.04. The largest absolute Gasteiger partial charge is 0.481 e.